The van der Waals surface area contributed by atoms with Gasteiger partial charge in [-0.05, 0) is 38.2 Å². The van der Waals surface area contributed by atoms with Crippen LogP contribution in [0.25, 0.3) is 0 Å². The molecule has 1 aromatic heterocycles. The van der Waals surface area contributed by atoms with E-state index >= 15 is 0 Å². The molecule has 3 heteroatoms. The zero-order valence-corrected chi connectivity index (χ0v) is 8.08. The van der Waals surface area contributed by atoms with Crippen LogP contribution in [0.1, 0.15) is 29.8 Å². The number of hydrogen-bond donors (Lipinski definition) is 1. The van der Waals surface area contributed by atoms with Crippen molar-refractivity contribution < 1.29 is 5.11 Å². The van der Waals surface area contributed by atoms with E-state index in [1.54, 1.807) is 0 Å². The molecular weight excluding hydrogens is 164 g/mol. The molecule has 0 saturated carbocycles. The van der Waals surface area contributed by atoms with E-state index in [-0.39, 0.29) is 6.61 Å². The maximum atomic E-state index is 8.84. The molecule has 1 aliphatic carbocycles. The van der Waals surface area contributed by atoms with Gasteiger partial charge in [-0.15, -0.1) is 0 Å². The van der Waals surface area contributed by atoms with Gasteiger partial charge in [0.2, 0.25) is 0 Å². The molecule has 2 rings (SSSR count). The smallest absolute Gasteiger partial charge is 0.0659 e. The second kappa shape index (κ2) is 3.50. The molecule has 0 radical (unpaired) electrons. The molecule has 0 atom stereocenters. The van der Waals surface area contributed by atoms with Gasteiger partial charge in [-0.2, -0.15) is 5.10 Å². The van der Waals surface area contributed by atoms with Gasteiger partial charge >= 0.3 is 0 Å². The van der Waals surface area contributed by atoms with Crippen LogP contribution in [0.5, 0.6) is 0 Å². The van der Waals surface area contributed by atoms with E-state index in [0.29, 0.717) is 6.54 Å². The summed E-state index contributed by atoms with van der Waals surface area (Å²) in [6, 6.07) is 0. The van der Waals surface area contributed by atoms with E-state index < -0.39 is 0 Å². The minimum Gasteiger partial charge on any atom is -0.394 e. The zero-order chi connectivity index (χ0) is 9.26. The lowest BCUT2D eigenvalue weighted by molar-refractivity contribution is 0.267. The fourth-order valence-electron chi connectivity index (χ4n) is 2.08. The van der Waals surface area contributed by atoms with Gasteiger partial charge in [0.05, 0.1) is 18.8 Å². The van der Waals surface area contributed by atoms with Gasteiger partial charge in [-0.1, -0.05) is 0 Å². The molecule has 3 nitrogen and oxygen atoms in total. The first-order chi connectivity index (χ1) is 6.33. The second-order valence-electron chi connectivity index (χ2n) is 3.66. The van der Waals surface area contributed by atoms with Crippen molar-refractivity contribution in [3.63, 3.8) is 0 Å². The van der Waals surface area contributed by atoms with E-state index in [1.165, 1.54) is 36.2 Å². The third-order valence-electron chi connectivity index (χ3n) is 2.82. The monoisotopic (exact) mass is 180 g/mol. The van der Waals surface area contributed by atoms with Crippen LogP contribution in [-0.4, -0.2) is 21.5 Å². The molecule has 13 heavy (non-hydrogen) atoms. The van der Waals surface area contributed by atoms with Crippen LogP contribution in [0.3, 0.4) is 0 Å². The summed E-state index contributed by atoms with van der Waals surface area (Å²) in [6.07, 6.45) is 4.85. The van der Waals surface area contributed by atoms with Crippen LogP contribution in [0, 0.1) is 6.92 Å². The molecule has 72 valence electrons. The van der Waals surface area contributed by atoms with Gasteiger partial charge in [-0.25, -0.2) is 0 Å². The standard InChI is InChI=1S/C10H16N2O/c1-8-9-4-2-3-5-10(9)11-12(8)6-7-13/h13H,2-7H2,1H3. The van der Waals surface area contributed by atoms with Crippen LogP contribution in [-0.2, 0) is 19.4 Å². The molecule has 0 amide bonds. The Balaban J connectivity index is 2.33. The summed E-state index contributed by atoms with van der Waals surface area (Å²) >= 11 is 0. The van der Waals surface area contributed by atoms with E-state index in [9.17, 15) is 0 Å². The van der Waals surface area contributed by atoms with Crippen molar-refractivity contribution in [2.45, 2.75) is 39.2 Å². The van der Waals surface area contributed by atoms with E-state index in [0.717, 1.165) is 6.42 Å². The molecule has 1 aromatic rings. The molecule has 0 aliphatic heterocycles. The number of aliphatic hydroxyl groups excluding tert-OH is 1. The predicted molar refractivity (Wildman–Crippen MR) is 50.7 cm³/mol. The Morgan fingerprint density at radius 3 is 2.85 bits per heavy atom. The van der Waals surface area contributed by atoms with Crippen LogP contribution in [0.2, 0.25) is 0 Å². The summed E-state index contributed by atoms with van der Waals surface area (Å²) in [7, 11) is 0. The highest BCUT2D eigenvalue weighted by Crippen LogP contribution is 2.23. The topological polar surface area (TPSA) is 38.0 Å². The average Bonchev–Trinajstić information content (AvgIpc) is 2.46. The van der Waals surface area contributed by atoms with Crippen molar-refractivity contribution in [3.05, 3.63) is 17.0 Å². The van der Waals surface area contributed by atoms with E-state index in [2.05, 4.69) is 12.0 Å². The molecule has 0 fully saturated rings. The van der Waals surface area contributed by atoms with Gasteiger partial charge < -0.3 is 5.11 Å². The Kier molecular flexibility index (Phi) is 2.36. The average molecular weight is 180 g/mol. The van der Waals surface area contributed by atoms with Crippen LogP contribution in [0.4, 0.5) is 0 Å². The maximum Gasteiger partial charge on any atom is 0.0659 e. The third kappa shape index (κ3) is 1.48. The normalized spacial score (nSPS) is 15.8. The molecule has 0 spiro atoms. The fourth-order valence-corrected chi connectivity index (χ4v) is 2.08. The van der Waals surface area contributed by atoms with Gasteiger partial charge in [0, 0.05) is 5.69 Å². The van der Waals surface area contributed by atoms with Gasteiger partial charge in [0.15, 0.2) is 0 Å². The lowest BCUT2D eigenvalue weighted by atomic mass is 9.96. The third-order valence-corrected chi connectivity index (χ3v) is 2.82. The van der Waals surface area contributed by atoms with Crippen molar-refractivity contribution >= 4 is 0 Å². The minimum absolute atomic E-state index is 0.182. The van der Waals surface area contributed by atoms with Gasteiger partial charge in [-0.3, -0.25) is 4.68 Å². The Morgan fingerprint density at radius 2 is 2.15 bits per heavy atom. The quantitative estimate of drug-likeness (QED) is 0.739. The van der Waals surface area contributed by atoms with Gasteiger partial charge in [0.25, 0.3) is 0 Å². The number of aromatic nitrogens is 2. The summed E-state index contributed by atoms with van der Waals surface area (Å²) in [6.45, 7) is 2.92. The lowest BCUT2D eigenvalue weighted by Crippen LogP contribution is -2.06. The number of hydrogen-bond acceptors (Lipinski definition) is 2. The number of aryl methyl sites for hydroxylation is 1. The van der Waals surface area contributed by atoms with Crippen LogP contribution >= 0.6 is 0 Å². The van der Waals surface area contributed by atoms with Gasteiger partial charge in [0.1, 0.15) is 0 Å². The Morgan fingerprint density at radius 1 is 1.38 bits per heavy atom. The number of fused-ring (bicyclic) bond motifs is 1. The minimum atomic E-state index is 0.182. The molecule has 1 heterocycles. The first kappa shape index (κ1) is 8.75. The molecule has 0 bridgehead atoms. The summed E-state index contributed by atoms with van der Waals surface area (Å²) in [5.41, 5.74) is 3.95. The fraction of sp³-hybridized carbons (Fsp3) is 0.700. The Hall–Kier alpha value is -0.830. The molecule has 0 saturated heterocycles. The van der Waals surface area contributed by atoms with Crippen LogP contribution < -0.4 is 0 Å². The van der Waals surface area contributed by atoms with Crippen molar-refractivity contribution in [1.82, 2.24) is 9.78 Å². The highest BCUT2D eigenvalue weighted by molar-refractivity contribution is 5.27. The molecule has 0 aromatic carbocycles. The lowest BCUT2D eigenvalue weighted by Gasteiger charge is -2.08. The Bertz CT molecular complexity index is 304. The van der Waals surface area contributed by atoms with Crippen molar-refractivity contribution in [1.29, 1.82) is 0 Å². The van der Waals surface area contributed by atoms with E-state index in [4.69, 9.17) is 5.11 Å². The molecule has 1 N–H and O–H groups in total. The first-order valence-electron chi connectivity index (χ1n) is 4.99. The Labute approximate surface area is 78.4 Å². The van der Waals surface area contributed by atoms with Crippen molar-refractivity contribution in [3.8, 4) is 0 Å². The summed E-state index contributed by atoms with van der Waals surface area (Å²) in [4.78, 5) is 0. The van der Waals surface area contributed by atoms with E-state index in [1.807, 2.05) is 4.68 Å². The molecule has 1 aliphatic rings. The largest absolute Gasteiger partial charge is 0.394 e. The zero-order valence-electron chi connectivity index (χ0n) is 8.08. The number of rotatable bonds is 2. The summed E-state index contributed by atoms with van der Waals surface area (Å²) in [5, 5.41) is 13.3. The molecular formula is C10H16N2O. The summed E-state index contributed by atoms with van der Waals surface area (Å²) < 4.78 is 1.94. The predicted octanol–water partition coefficient (Wildman–Crippen LogP) is 1.06. The SMILES string of the molecule is Cc1c2c(nn1CCO)CCCC2. The van der Waals surface area contributed by atoms with Crippen molar-refractivity contribution in [2.24, 2.45) is 0 Å². The van der Waals surface area contributed by atoms with Crippen LogP contribution in [0.15, 0.2) is 0 Å². The maximum absolute atomic E-state index is 8.84. The van der Waals surface area contributed by atoms with Crippen molar-refractivity contribution in [2.75, 3.05) is 6.61 Å². The number of aliphatic hydroxyl groups is 1. The second-order valence-corrected chi connectivity index (χ2v) is 3.66. The first-order valence-corrected chi connectivity index (χ1v) is 4.99. The highest BCUT2D eigenvalue weighted by Gasteiger charge is 2.16. The highest BCUT2D eigenvalue weighted by atomic mass is 16.3. The molecule has 0 unspecified atom stereocenters. The summed E-state index contributed by atoms with van der Waals surface area (Å²) in [5.74, 6) is 0. The number of nitrogens with zero attached hydrogens (tertiary/aromatic N) is 2.